The minimum Gasteiger partial charge on any atom is -0.870 e. The minimum absolute atomic E-state index is 0.0550. The topological polar surface area (TPSA) is 36.0 Å². The lowest BCUT2D eigenvalue weighted by Gasteiger charge is -2.12. The van der Waals surface area contributed by atoms with E-state index in [2.05, 4.69) is 4.98 Å². The van der Waals surface area contributed by atoms with Gasteiger partial charge in [0.15, 0.2) is 0 Å². The molecular weight excluding hydrogens is 300 g/mol. The van der Waals surface area contributed by atoms with Crippen molar-refractivity contribution in [3.8, 4) is 5.75 Å². The van der Waals surface area contributed by atoms with Crippen molar-refractivity contribution in [3.63, 3.8) is 0 Å². The summed E-state index contributed by atoms with van der Waals surface area (Å²) in [6.45, 7) is 0. The summed E-state index contributed by atoms with van der Waals surface area (Å²) in [7, 11) is 0. The van der Waals surface area contributed by atoms with Crippen molar-refractivity contribution < 1.29 is 5.11 Å². The first-order valence-electron chi connectivity index (χ1n) is 3.60. The third-order valence-corrected chi connectivity index (χ3v) is 2.86. The summed E-state index contributed by atoms with van der Waals surface area (Å²) in [5, 5.41) is 12.8. The Morgan fingerprint density at radius 3 is 3.00 bits per heavy atom. The largest absolute Gasteiger partial charge is 0.870 e. The first-order chi connectivity index (χ1) is 6.20. The van der Waals surface area contributed by atoms with Gasteiger partial charge < -0.3 is 5.11 Å². The lowest BCUT2D eigenvalue weighted by atomic mass is 10.2. The van der Waals surface area contributed by atoms with E-state index in [1.54, 1.807) is 24.4 Å². The molecule has 66 valence electrons. The van der Waals surface area contributed by atoms with Crippen LogP contribution in [0.15, 0.2) is 24.4 Å². The molecular formula is C9H4ClINO-. The van der Waals surface area contributed by atoms with Gasteiger partial charge in [-0.3, -0.25) is 4.98 Å². The molecule has 2 nitrogen and oxygen atoms in total. The molecule has 0 bridgehead atoms. The highest BCUT2D eigenvalue weighted by Gasteiger charge is 2.02. The molecule has 0 N–H and O–H groups in total. The second-order valence-corrected chi connectivity index (χ2v) is 4.14. The second kappa shape index (κ2) is 3.31. The van der Waals surface area contributed by atoms with Crippen LogP contribution in [0.25, 0.3) is 10.9 Å². The van der Waals surface area contributed by atoms with Crippen LogP contribution in [0.5, 0.6) is 5.75 Å². The SMILES string of the molecule is [O-]c1c(I)cc(Cl)c2cccnc12. The summed E-state index contributed by atoms with van der Waals surface area (Å²) in [5.41, 5.74) is 0.444. The van der Waals surface area contributed by atoms with E-state index in [1.807, 2.05) is 22.6 Å². The van der Waals surface area contributed by atoms with Gasteiger partial charge in [-0.2, -0.15) is 0 Å². The average molecular weight is 304 g/mol. The van der Waals surface area contributed by atoms with E-state index < -0.39 is 0 Å². The first kappa shape index (κ1) is 9.02. The van der Waals surface area contributed by atoms with Crippen LogP contribution < -0.4 is 5.11 Å². The third kappa shape index (κ3) is 1.46. The van der Waals surface area contributed by atoms with Gasteiger partial charge in [-0.05, 0) is 40.8 Å². The van der Waals surface area contributed by atoms with Gasteiger partial charge in [0, 0.05) is 15.2 Å². The number of benzene rings is 1. The van der Waals surface area contributed by atoms with Crippen molar-refractivity contribution in [2.24, 2.45) is 0 Å². The molecule has 0 saturated heterocycles. The molecule has 13 heavy (non-hydrogen) atoms. The second-order valence-electron chi connectivity index (χ2n) is 2.57. The van der Waals surface area contributed by atoms with E-state index in [1.165, 1.54) is 0 Å². The van der Waals surface area contributed by atoms with Gasteiger partial charge in [-0.25, -0.2) is 0 Å². The predicted molar refractivity (Wildman–Crippen MR) is 58.9 cm³/mol. The molecule has 2 rings (SSSR count). The molecule has 0 unspecified atom stereocenters. The van der Waals surface area contributed by atoms with E-state index in [-0.39, 0.29) is 5.75 Å². The Bertz CT molecular complexity index is 472. The van der Waals surface area contributed by atoms with Gasteiger partial charge in [0.25, 0.3) is 0 Å². The summed E-state index contributed by atoms with van der Waals surface area (Å²) >= 11 is 7.91. The smallest absolute Gasteiger partial charge is 0.0649 e. The van der Waals surface area contributed by atoms with Crippen LogP contribution in [-0.4, -0.2) is 4.98 Å². The molecule has 1 heterocycles. The maximum Gasteiger partial charge on any atom is 0.0649 e. The Labute approximate surface area is 93.7 Å². The fourth-order valence-corrected chi connectivity index (χ4v) is 2.16. The number of halogens is 2. The summed E-state index contributed by atoms with van der Waals surface area (Å²) in [6.07, 6.45) is 1.59. The lowest BCUT2D eigenvalue weighted by molar-refractivity contribution is -0.267. The van der Waals surface area contributed by atoms with Gasteiger partial charge in [-0.1, -0.05) is 17.4 Å². The van der Waals surface area contributed by atoms with Crippen LogP contribution in [0.3, 0.4) is 0 Å². The molecule has 0 aliphatic heterocycles. The molecule has 4 heteroatoms. The molecule has 0 saturated carbocycles. The van der Waals surface area contributed by atoms with Gasteiger partial charge in [0.2, 0.25) is 0 Å². The maximum absolute atomic E-state index is 11.6. The quantitative estimate of drug-likeness (QED) is 0.701. The standard InChI is InChI=1S/C9H5ClINO/c10-6-4-7(11)9(13)8-5(6)2-1-3-12-8/h1-4,13H/p-1. The van der Waals surface area contributed by atoms with Crippen LogP contribution in [0.1, 0.15) is 0 Å². The number of hydrogen-bond donors (Lipinski definition) is 0. The van der Waals surface area contributed by atoms with Gasteiger partial charge in [0.05, 0.1) is 10.5 Å². The summed E-state index contributed by atoms with van der Waals surface area (Å²) in [6, 6.07) is 5.22. The normalized spacial score (nSPS) is 10.6. The van der Waals surface area contributed by atoms with Crippen molar-refractivity contribution in [3.05, 3.63) is 33.0 Å². The fourth-order valence-electron chi connectivity index (χ4n) is 1.15. The fraction of sp³-hybridized carbons (Fsp3) is 0. The molecule has 0 fully saturated rings. The summed E-state index contributed by atoms with van der Waals surface area (Å²) < 4.78 is 0.605. The zero-order valence-electron chi connectivity index (χ0n) is 6.42. The highest BCUT2D eigenvalue weighted by Crippen LogP contribution is 2.31. The van der Waals surface area contributed by atoms with E-state index in [9.17, 15) is 5.11 Å². The molecule has 2 aromatic rings. The molecule has 0 radical (unpaired) electrons. The number of aromatic nitrogens is 1. The first-order valence-corrected chi connectivity index (χ1v) is 5.05. The van der Waals surface area contributed by atoms with Crippen molar-refractivity contribution in [2.45, 2.75) is 0 Å². The number of rotatable bonds is 0. The monoisotopic (exact) mass is 304 g/mol. The molecule has 1 aromatic heterocycles. The van der Waals surface area contributed by atoms with Crippen LogP contribution in [0, 0.1) is 3.57 Å². The highest BCUT2D eigenvalue weighted by atomic mass is 127. The van der Waals surface area contributed by atoms with Crippen LogP contribution in [0.2, 0.25) is 5.02 Å². The number of nitrogens with zero attached hydrogens (tertiary/aromatic N) is 1. The molecule has 1 aromatic carbocycles. The molecule has 0 amide bonds. The van der Waals surface area contributed by atoms with Crippen molar-refractivity contribution in [2.75, 3.05) is 0 Å². The number of pyridine rings is 1. The highest BCUT2D eigenvalue weighted by molar-refractivity contribution is 14.1. The van der Waals surface area contributed by atoms with Gasteiger partial charge >= 0.3 is 0 Å². The Kier molecular flexibility index (Phi) is 2.29. The van der Waals surface area contributed by atoms with Crippen molar-refractivity contribution >= 4 is 45.1 Å². The molecule has 0 atom stereocenters. The molecule has 0 aliphatic rings. The van der Waals surface area contributed by atoms with Crippen molar-refractivity contribution in [1.82, 2.24) is 4.98 Å². The summed E-state index contributed by atoms with van der Waals surface area (Å²) in [4.78, 5) is 4.00. The van der Waals surface area contributed by atoms with E-state index in [4.69, 9.17) is 11.6 Å². The van der Waals surface area contributed by atoms with Gasteiger partial charge in [0.1, 0.15) is 0 Å². The van der Waals surface area contributed by atoms with E-state index in [0.717, 1.165) is 5.39 Å². The van der Waals surface area contributed by atoms with Crippen LogP contribution in [-0.2, 0) is 0 Å². The average Bonchev–Trinajstić information content (AvgIpc) is 2.15. The Balaban J connectivity index is 2.97. The Hall–Kier alpha value is -0.550. The minimum atomic E-state index is -0.0550. The maximum atomic E-state index is 11.6. The van der Waals surface area contributed by atoms with Crippen molar-refractivity contribution in [1.29, 1.82) is 0 Å². The Morgan fingerprint density at radius 2 is 2.23 bits per heavy atom. The zero-order valence-corrected chi connectivity index (χ0v) is 9.33. The van der Waals surface area contributed by atoms with E-state index >= 15 is 0 Å². The predicted octanol–water partition coefficient (Wildman–Crippen LogP) is 2.57. The number of fused-ring (bicyclic) bond motifs is 1. The lowest BCUT2D eigenvalue weighted by Crippen LogP contribution is -1.96. The summed E-state index contributed by atoms with van der Waals surface area (Å²) in [5.74, 6) is -0.0550. The number of hydrogen-bond acceptors (Lipinski definition) is 2. The van der Waals surface area contributed by atoms with E-state index in [0.29, 0.717) is 14.1 Å². The molecule has 0 spiro atoms. The van der Waals surface area contributed by atoms with Gasteiger partial charge in [-0.15, -0.1) is 0 Å². The molecule has 0 aliphatic carbocycles. The third-order valence-electron chi connectivity index (χ3n) is 1.75. The Morgan fingerprint density at radius 1 is 1.46 bits per heavy atom. The van der Waals surface area contributed by atoms with Crippen LogP contribution in [0.4, 0.5) is 0 Å². The van der Waals surface area contributed by atoms with Crippen LogP contribution >= 0.6 is 34.2 Å². The zero-order chi connectivity index (χ0) is 9.42.